The van der Waals surface area contributed by atoms with Crippen molar-refractivity contribution in [3.63, 3.8) is 0 Å². The van der Waals surface area contributed by atoms with Crippen LogP contribution in [0.25, 0.3) is 0 Å². The van der Waals surface area contributed by atoms with Crippen LogP contribution in [0.2, 0.25) is 0 Å². The predicted octanol–water partition coefficient (Wildman–Crippen LogP) is 3.50. The van der Waals surface area contributed by atoms with E-state index in [1.165, 1.54) is 6.07 Å². The third-order valence-corrected chi connectivity index (χ3v) is 4.84. The Labute approximate surface area is 164 Å². The highest BCUT2D eigenvalue weighted by Gasteiger charge is 2.23. The zero-order valence-corrected chi connectivity index (χ0v) is 16.2. The molecule has 1 N–H and O–H groups in total. The summed E-state index contributed by atoms with van der Waals surface area (Å²) >= 11 is 0. The van der Waals surface area contributed by atoms with Gasteiger partial charge in [-0.05, 0) is 43.2 Å². The van der Waals surface area contributed by atoms with Gasteiger partial charge in [-0.15, -0.1) is 0 Å². The van der Waals surface area contributed by atoms with Crippen LogP contribution in [0, 0.1) is 11.7 Å². The van der Waals surface area contributed by atoms with Gasteiger partial charge in [-0.2, -0.15) is 0 Å². The summed E-state index contributed by atoms with van der Waals surface area (Å²) in [6.07, 6.45) is 0.322. The molecule has 0 aliphatic carbocycles. The molecule has 0 bridgehead atoms. The number of hydrogen-bond donors (Lipinski definition) is 1. The first-order chi connectivity index (χ1) is 13.4. The maximum atomic E-state index is 13.8. The van der Waals surface area contributed by atoms with Crippen LogP contribution < -0.4 is 5.32 Å². The largest absolute Gasteiger partial charge is 0.375 e. The first-order valence-corrected chi connectivity index (χ1v) is 9.49. The fraction of sp³-hybridized carbons (Fsp3) is 0.364. The van der Waals surface area contributed by atoms with E-state index in [-0.39, 0.29) is 23.7 Å². The molecule has 148 valence electrons. The minimum absolute atomic E-state index is 0.0137. The van der Waals surface area contributed by atoms with Crippen molar-refractivity contribution in [2.24, 2.45) is 5.92 Å². The van der Waals surface area contributed by atoms with E-state index in [1.54, 1.807) is 54.3 Å². The van der Waals surface area contributed by atoms with E-state index in [0.29, 0.717) is 42.9 Å². The molecule has 1 heterocycles. The van der Waals surface area contributed by atoms with Gasteiger partial charge in [0, 0.05) is 30.3 Å². The normalized spacial score (nSPS) is 17.8. The second-order valence-electron chi connectivity index (χ2n) is 7.20. The first kappa shape index (κ1) is 20.0. The Morgan fingerprint density at radius 1 is 1.25 bits per heavy atom. The molecule has 2 unspecified atom stereocenters. The van der Waals surface area contributed by atoms with Crippen LogP contribution in [0.15, 0.2) is 48.5 Å². The van der Waals surface area contributed by atoms with Gasteiger partial charge in [-0.25, -0.2) is 4.39 Å². The molecule has 1 aliphatic rings. The van der Waals surface area contributed by atoms with E-state index in [9.17, 15) is 14.0 Å². The molecule has 6 heteroatoms. The summed E-state index contributed by atoms with van der Waals surface area (Å²) in [5.74, 6) is -1.01. The molecule has 0 saturated carbocycles. The molecule has 2 amide bonds. The van der Waals surface area contributed by atoms with Crippen molar-refractivity contribution in [2.45, 2.75) is 26.4 Å². The smallest absolute Gasteiger partial charge is 0.254 e. The molecule has 1 saturated heterocycles. The SMILES string of the molecule is CC1CN(C(=O)c2cccc(NC(=O)C(C)Cc3ccccc3F)c2)CCO1. The molecule has 28 heavy (non-hydrogen) atoms. The van der Waals surface area contributed by atoms with E-state index in [0.717, 1.165) is 0 Å². The van der Waals surface area contributed by atoms with Gasteiger partial charge in [0.25, 0.3) is 5.91 Å². The molecule has 0 spiro atoms. The lowest BCUT2D eigenvalue weighted by molar-refractivity contribution is -0.119. The molecule has 0 aromatic heterocycles. The maximum Gasteiger partial charge on any atom is 0.254 e. The Balaban J connectivity index is 1.64. The van der Waals surface area contributed by atoms with Crippen LogP contribution in [-0.2, 0) is 16.0 Å². The van der Waals surface area contributed by atoms with Crippen LogP contribution in [-0.4, -0.2) is 42.5 Å². The Kier molecular flexibility index (Phi) is 6.41. The topological polar surface area (TPSA) is 58.6 Å². The molecular weight excluding hydrogens is 359 g/mol. The molecule has 2 atom stereocenters. The van der Waals surface area contributed by atoms with Crippen molar-refractivity contribution >= 4 is 17.5 Å². The molecule has 1 fully saturated rings. The van der Waals surface area contributed by atoms with E-state index in [4.69, 9.17) is 4.74 Å². The third kappa shape index (κ3) is 4.95. The summed E-state index contributed by atoms with van der Waals surface area (Å²) in [4.78, 5) is 27.0. The molecule has 2 aromatic carbocycles. The van der Waals surface area contributed by atoms with Crippen molar-refractivity contribution in [1.29, 1.82) is 0 Å². The molecule has 3 rings (SSSR count). The number of nitrogens with one attached hydrogen (secondary N) is 1. The quantitative estimate of drug-likeness (QED) is 0.858. The van der Waals surface area contributed by atoms with Gasteiger partial charge in [0.15, 0.2) is 0 Å². The number of carbonyl (C=O) groups is 2. The van der Waals surface area contributed by atoms with Crippen molar-refractivity contribution in [1.82, 2.24) is 4.90 Å². The average molecular weight is 384 g/mol. The van der Waals surface area contributed by atoms with Gasteiger partial charge >= 0.3 is 0 Å². The van der Waals surface area contributed by atoms with E-state index in [2.05, 4.69) is 5.32 Å². The van der Waals surface area contributed by atoms with Crippen LogP contribution >= 0.6 is 0 Å². The van der Waals surface area contributed by atoms with Gasteiger partial charge < -0.3 is 15.0 Å². The number of ether oxygens (including phenoxy) is 1. The Hall–Kier alpha value is -2.73. The van der Waals surface area contributed by atoms with E-state index in [1.807, 2.05) is 6.92 Å². The highest BCUT2D eigenvalue weighted by atomic mass is 19.1. The third-order valence-electron chi connectivity index (χ3n) is 4.84. The van der Waals surface area contributed by atoms with Crippen molar-refractivity contribution in [2.75, 3.05) is 25.0 Å². The van der Waals surface area contributed by atoms with Gasteiger partial charge in [0.1, 0.15) is 5.82 Å². The summed E-state index contributed by atoms with van der Waals surface area (Å²) in [6, 6.07) is 13.4. The summed E-state index contributed by atoms with van der Waals surface area (Å²) < 4.78 is 19.3. The Morgan fingerprint density at radius 3 is 2.79 bits per heavy atom. The number of rotatable bonds is 5. The number of benzene rings is 2. The molecular formula is C22H25FN2O3. The second kappa shape index (κ2) is 8.97. The number of halogens is 1. The fourth-order valence-corrected chi connectivity index (χ4v) is 3.27. The summed E-state index contributed by atoms with van der Waals surface area (Å²) in [6.45, 7) is 5.32. The molecule has 2 aromatic rings. The average Bonchev–Trinajstić information content (AvgIpc) is 2.69. The highest BCUT2D eigenvalue weighted by molar-refractivity contribution is 5.97. The van der Waals surface area contributed by atoms with Gasteiger partial charge in [-0.1, -0.05) is 31.2 Å². The Bertz CT molecular complexity index is 855. The number of morpholine rings is 1. The molecule has 1 aliphatic heterocycles. The zero-order chi connectivity index (χ0) is 20.1. The van der Waals surface area contributed by atoms with E-state index >= 15 is 0 Å². The number of nitrogens with zero attached hydrogens (tertiary/aromatic N) is 1. The van der Waals surface area contributed by atoms with E-state index < -0.39 is 5.92 Å². The summed E-state index contributed by atoms with van der Waals surface area (Å²) in [7, 11) is 0. The van der Waals surface area contributed by atoms with Crippen LogP contribution in [0.4, 0.5) is 10.1 Å². The number of anilines is 1. The van der Waals surface area contributed by atoms with Gasteiger partial charge in [0.2, 0.25) is 5.91 Å². The second-order valence-corrected chi connectivity index (χ2v) is 7.20. The van der Waals surface area contributed by atoms with Gasteiger partial charge in [-0.3, -0.25) is 9.59 Å². The highest BCUT2D eigenvalue weighted by Crippen LogP contribution is 2.18. The van der Waals surface area contributed by atoms with Gasteiger partial charge in [0.05, 0.1) is 12.7 Å². The Morgan fingerprint density at radius 2 is 2.04 bits per heavy atom. The van der Waals surface area contributed by atoms with Crippen molar-refractivity contribution in [3.8, 4) is 0 Å². The maximum absolute atomic E-state index is 13.8. The summed E-state index contributed by atoms with van der Waals surface area (Å²) in [5.41, 5.74) is 1.58. The lowest BCUT2D eigenvalue weighted by Crippen LogP contribution is -2.44. The predicted molar refractivity (Wildman–Crippen MR) is 106 cm³/mol. The first-order valence-electron chi connectivity index (χ1n) is 9.49. The fourth-order valence-electron chi connectivity index (χ4n) is 3.27. The lowest BCUT2D eigenvalue weighted by atomic mass is 10.00. The van der Waals surface area contributed by atoms with Crippen LogP contribution in [0.1, 0.15) is 29.8 Å². The minimum atomic E-state index is -0.406. The number of amides is 2. The molecule has 0 radical (unpaired) electrons. The monoisotopic (exact) mass is 384 g/mol. The lowest BCUT2D eigenvalue weighted by Gasteiger charge is -2.31. The standard InChI is InChI=1S/C22H25FN2O3/c1-15(12-17-6-3-4-9-20(17)23)21(26)24-19-8-5-7-18(13-19)22(27)25-10-11-28-16(2)14-25/h3-9,13,15-16H,10-12,14H2,1-2H3,(H,24,26). The minimum Gasteiger partial charge on any atom is -0.375 e. The number of carbonyl (C=O) groups excluding carboxylic acids is 2. The zero-order valence-electron chi connectivity index (χ0n) is 16.2. The van der Waals surface area contributed by atoms with Crippen molar-refractivity contribution in [3.05, 3.63) is 65.5 Å². The molecule has 5 nitrogen and oxygen atoms in total. The number of hydrogen-bond acceptors (Lipinski definition) is 3. The van der Waals surface area contributed by atoms with Crippen molar-refractivity contribution < 1.29 is 18.7 Å². The van der Waals surface area contributed by atoms with Crippen LogP contribution in [0.3, 0.4) is 0 Å². The summed E-state index contributed by atoms with van der Waals surface area (Å²) in [5, 5.41) is 2.83. The van der Waals surface area contributed by atoms with Crippen LogP contribution in [0.5, 0.6) is 0 Å².